The summed E-state index contributed by atoms with van der Waals surface area (Å²) in [6, 6.07) is 22.8. The summed E-state index contributed by atoms with van der Waals surface area (Å²) in [5.74, 6) is 2.69. The predicted molar refractivity (Wildman–Crippen MR) is 141 cm³/mol. The van der Waals surface area contributed by atoms with Gasteiger partial charge in [-0.25, -0.2) is 0 Å². The molecule has 33 heavy (non-hydrogen) atoms. The van der Waals surface area contributed by atoms with Gasteiger partial charge in [0.05, 0.1) is 0 Å². The van der Waals surface area contributed by atoms with E-state index in [1.807, 2.05) is 0 Å². The van der Waals surface area contributed by atoms with Gasteiger partial charge in [-0.1, -0.05) is 72.9 Å². The second-order valence-electron chi connectivity index (χ2n) is 11.6. The first-order valence-corrected chi connectivity index (χ1v) is 13.4. The van der Waals surface area contributed by atoms with E-state index in [4.69, 9.17) is 22.9 Å². The van der Waals surface area contributed by atoms with Crippen LogP contribution in [0.25, 0.3) is 0 Å². The SMILES string of the molecule is NC1CCC(C=NC(=S)C23CC4CC(c5ccccc5)(CC2C4Cc2ccccc2)C3)CC1. The third-order valence-corrected chi connectivity index (χ3v) is 10.2. The Labute approximate surface area is 204 Å². The Bertz CT molecular complexity index is 1030. The third kappa shape index (κ3) is 3.72. The van der Waals surface area contributed by atoms with Crippen LogP contribution in [0.3, 0.4) is 0 Å². The number of hydrogen-bond donors (Lipinski definition) is 1. The number of hydrogen-bond acceptors (Lipinski definition) is 2. The number of aliphatic imine (C=N–C) groups is 1. The first-order chi connectivity index (χ1) is 16.1. The Morgan fingerprint density at radius 3 is 2.36 bits per heavy atom. The molecule has 2 N–H and O–H groups in total. The fourth-order valence-electron chi connectivity index (χ4n) is 8.28. The van der Waals surface area contributed by atoms with Crippen LogP contribution >= 0.6 is 12.2 Å². The van der Waals surface area contributed by atoms with Crippen LogP contribution in [-0.4, -0.2) is 17.2 Å². The number of rotatable bonds is 5. The molecule has 5 aliphatic carbocycles. The van der Waals surface area contributed by atoms with Crippen molar-refractivity contribution in [1.29, 1.82) is 0 Å². The summed E-state index contributed by atoms with van der Waals surface area (Å²) in [5, 5.41) is 0. The van der Waals surface area contributed by atoms with Gasteiger partial charge in [0.25, 0.3) is 0 Å². The summed E-state index contributed by atoms with van der Waals surface area (Å²) in [6.07, 6.45) is 13.0. The van der Waals surface area contributed by atoms with E-state index in [1.54, 1.807) is 0 Å². The fourth-order valence-corrected chi connectivity index (χ4v) is 8.65. The molecule has 172 valence electrons. The molecule has 4 bridgehead atoms. The number of thiocarbonyl (C=S) groups is 1. The Morgan fingerprint density at radius 1 is 0.939 bits per heavy atom. The molecule has 2 aromatic rings. The largest absolute Gasteiger partial charge is 0.328 e. The van der Waals surface area contributed by atoms with Crippen molar-refractivity contribution in [1.82, 2.24) is 0 Å². The summed E-state index contributed by atoms with van der Waals surface area (Å²) in [5.41, 5.74) is 9.53. The molecule has 0 aliphatic heterocycles. The molecule has 7 rings (SSSR count). The molecule has 0 aromatic heterocycles. The lowest BCUT2D eigenvalue weighted by Crippen LogP contribution is -2.37. The van der Waals surface area contributed by atoms with Crippen LogP contribution in [0.15, 0.2) is 65.7 Å². The van der Waals surface area contributed by atoms with E-state index in [1.165, 1.54) is 43.2 Å². The second kappa shape index (κ2) is 8.43. The van der Waals surface area contributed by atoms with E-state index in [0.29, 0.717) is 23.3 Å². The predicted octanol–water partition coefficient (Wildman–Crippen LogP) is 6.52. The van der Waals surface area contributed by atoms with Crippen molar-refractivity contribution >= 4 is 23.4 Å². The zero-order valence-corrected chi connectivity index (χ0v) is 20.4. The molecule has 0 radical (unpaired) electrons. The number of nitrogens with two attached hydrogens (primary N) is 1. The summed E-state index contributed by atoms with van der Waals surface area (Å²) in [6.45, 7) is 0. The maximum absolute atomic E-state index is 6.20. The summed E-state index contributed by atoms with van der Waals surface area (Å²) in [4.78, 5) is 6.09. The molecule has 5 unspecified atom stereocenters. The van der Waals surface area contributed by atoms with Crippen molar-refractivity contribution in [3.63, 3.8) is 0 Å². The highest BCUT2D eigenvalue weighted by Crippen LogP contribution is 2.73. The molecule has 0 saturated heterocycles. The smallest absolute Gasteiger partial charge is 0.109 e. The van der Waals surface area contributed by atoms with Gasteiger partial charge < -0.3 is 5.73 Å². The van der Waals surface area contributed by atoms with Gasteiger partial charge in [-0.3, -0.25) is 4.99 Å². The molecular weight excluding hydrogens is 420 g/mol. The van der Waals surface area contributed by atoms with E-state index in [2.05, 4.69) is 66.9 Å². The Hall–Kier alpha value is -1.84. The summed E-state index contributed by atoms with van der Waals surface area (Å²) in [7, 11) is 0. The molecule has 5 saturated carbocycles. The Morgan fingerprint density at radius 2 is 1.64 bits per heavy atom. The lowest BCUT2D eigenvalue weighted by molar-refractivity contribution is 0.163. The average molecular weight is 457 g/mol. The first-order valence-electron chi connectivity index (χ1n) is 13.0. The van der Waals surface area contributed by atoms with E-state index >= 15 is 0 Å². The Kier molecular flexibility index (Phi) is 5.54. The van der Waals surface area contributed by atoms with Gasteiger partial charge in [0.15, 0.2) is 0 Å². The fraction of sp³-hybridized carbons (Fsp3) is 0.533. The zero-order valence-electron chi connectivity index (χ0n) is 19.5. The van der Waals surface area contributed by atoms with Crippen LogP contribution in [0.5, 0.6) is 0 Å². The second-order valence-corrected chi connectivity index (χ2v) is 12.0. The van der Waals surface area contributed by atoms with Crippen LogP contribution in [0.2, 0.25) is 0 Å². The minimum atomic E-state index is 0.106. The average Bonchev–Trinajstić information content (AvgIpc) is 3.22. The van der Waals surface area contributed by atoms with Crippen LogP contribution in [-0.2, 0) is 11.8 Å². The minimum Gasteiger partial charge on any atom is -0.328 e. The molecular formula is C30H36N2S. The lowest BCUT2D eigenvalue weighted by Gasteiger charge is -2.43. The first kappa shape index (κ1) is 21.7. The molecule has 5 fully saturated rings. The third-order valence-electron chi connectivity index (χ3n) is 9.72. The highest BCUT2D eigenvalue weighted by atomic mass is 32.1. The molecule has 3 heteroatoms. The van der Waals surface area contributed by atoms with Crippen molar-refractivity contribution in [3.8, 4) is 0 Å². The maximum atomic E-state index is 6.20. The maximum Gasteiger partial charge on any atom is 0.109 e. The van der Waals surface area contributed by atoms with Crippen molar-refractivity contribution in [2.45, 2.75) is 69.2 Å². The van der Waals surface area contributed by atoms with Crippen LogP contribution in [0, 0.1) is 29.1 Å². The van der Waals surface area contributed by atoms with E-state index in [0.717, 1.165) is 42.5 Å². The topological polar surface area (TPSA) is 38.4 Å². The molecule has 2 aromatic carbocycles. The van der Waals surface area contributed by atoms with E-state index < -0.39 is 0 Å². The van der Waals surface area contributed by atoms with Crippen LogP contribution < -0.4 is 5.73 Å². The molecule has 0 amide bonds. The van der Waals surface area contributed by atoms with Crippen LogP contribution in [0.1, 0.15) is 62.5 Å². The summed E-state index contributed by atoms with van der Waals surface area (Å²) >= 11 is 6.20. The highest BCUT2D eigenvalue weighted by molar-refractivity contribution is 7.80. The highest BCUT2D eigenvalue weighted by Gasteiger charge is 2.69. The van der Waals surface area contributed by atoms with Crippen molar-refractivity contribution in [2.75, 3.05) is 0 Å². The van der Waals surface area contributed by atoms with Gasteiger partial charge in [-0.15, -0.1) is 0 Å². The van der Waals surface area contributed by atoms with Crippen LogP contribution in [0.4, 0.5) is 0 Å². The normalized spacial score (nSPS) is 39.4. The van der Waals surface area contributed by atoms with Gasteiger partial charge in [-0.2, -0.15) is 0 Å². The summed E-state index contributed by atoms with van der Waals surface area (Å²) < 4.78 is 0. The molecule has 0 spiro atoms. The standard InChI is InChI=1S/C30H36N2S/c31-25-13-11-22(12-14-25)19-32-28(33)30-17-23-16-29(20-30,24-9-5-2-6-10-24)18-27(30)26(23)15-21-7-3-1-4-8-21/h1-10,19,22-23,25-27H,11-18,20,31H2. The van der Waals surface area contributed by atoms with Crippen molar-refractivity contribution < 1.29 is 0 Å². The quantitative estimate of drug-likeness (QED) is 0.411. The molecule has 5 aliphatic rings. The van der Waals surface area contributed by atoms with Crippen molar-refractivity contribution in [2.24, 2.45) is 39.8 Å². The Balaban J connectivity index is 1.30. The lowest BCUT2D eigenvalue weighted by atomic mass is 9.61. The van der Waals surface area contributed by atoms with Gasteiger partial charge in [0, 0.05) is 17.7 Å². The number of benzene rings is 2. The molecule has 5 atom stereocenters. The zero-order chi connectivity index (χ0) is 22.5. The van der Waals surface area contributed by atoms with E-state index in [9.17, 15) is 0 Å². The van der Waals surface area contributed by atoms with E-state index in [-0.39, 0.29) is 5.41 Å². The van der Waals surface area contributed by atoms with Gasteiger partial charge in [0.1, 0.15) is 4.99 Å². The monoisotopic (exact) mass is 456 g/mol. The number of nitrogens with zero attached hydrogens (tertiary/aromatic N) is 1. The van der Waals surface area contributed by atoms with Gasteiger partial charge in [0.2, 0.25) is 0 Å². The minimum absolute atomic E-state index is 0.106. The van der Waals surface area contributed by atoms with Gasteiger partial charge in [-0.05, 0) is 98.0 Å². The molecule has 2 nitrogen and oxygen atoms in total. The molecule has 0 heterocycles. The van der Waals surface area contributed by atoms with Crippen molar-refractivity contribution in [3.05, 3.63) is 71.8 Å². The van der Waals surface area contributed by atoms with Gasteiger partial charge >= 0.3 is 0 Å².